The van der Waals surface area contributed by atoms with Crippen LogP contribution in [0.15, 0.2) is 230 Å². The van der Waals surface area contributed by atoms with E-state index < -0.39 is 0 Å². The smallest absolute Gasteiger partial charge is 0.0705 e. The lowest BCUT2D eigenvalue weighted by Crippen LogP contribution is -2.28. The molecule has 288 valence electrons. The maximum Gasteiger partial charge on any atom is 0.0705 e. The summed E-state index contributed by atoms with van der Waals surface area (Å²) in [6, 6.07) is 64.0. The quantitative estimate of drug-likeness (QED) is 0.178. The van der Waals surface area contributed by atoms with Crippen LogP contribution >= 0.6 is 0 Å². The monoisotopic (exact) mass is 755 g/mol. The Morgan fingerprint density at radius 2 is 1.14 bits per heavy atom. The van der Waals surface area contributed by atoms with Gasteiger partial charge in [-0.1, -0.05) is 194 Å². The average Bonchev–Trinajstić information content (AvgIpc) is 3.28. The van der Waals surface area contributed by atoms with Crippen LogP contribution in [0.1, 0.15) is 40.7 Å². The molecular weight excluding hydrogens is 703 g/mol. The second-order valence-electron chi connectivity index (χ2n) is 14.2. The molecule has 2 unspecified atom stereocenters. The molecule has 3 N–H and O–H groups in total. The third-order valence-electron chi connectivity index (χ3n) is 10.1. The molecule has 0 radical (unpaired) electrons. The van der Waals surface area contributed by atoms with Crippen LogP contribution in [-0.2, 0) is 6.42 Å². The number of benzene rings is 7. The van der Waals surface area contributed by atoms with E-state index in [4.69, 9.17) is 0 Å². The highest BCUT2D eigenvalue weighted by Gasteiger charge is 2.23. The Morgan fingerprint density at radius 1 is 0.569 bits per heavy atom. The number of nitrogens with zero attached hydrogens (tertiary/aromatic N) is 1. The van der Waals surface area contributed by atoms with Gasteiger partial charge in [-0.25, -0.2) is 0 Å². The van der Waals surface area contributed by atoms with Gasteiger partial charge in [-0.05, 0) is 102 Å². The summed E-state index contributed by atoms with van der Waals surface area (Å²) in [5.41, 5.74) is 14.6. The third-order valence-corrected chi connectivity index (χ3v) is 10.1. The molecule has 0 fully saturated rings. The fourth-order valence-corrected chi connectivity index (χ4v) is 7.01. The summed E-state index contributed by atoms with van der Waals surface area (Å²) >= 11 is 0. The number of aryl methyl sites for hydroxylation is 1. The number of nitrogens with one attached hydrogen (secondary N) is 1. The highest BCUT2D eigenvalue weighted by Crippen LogP contribution is 2.33. The predicted octanol–water partition coefficient (Wildman–Crippen LogP) is 11.8. The van der Waals surface area contributed by atoms with Crippen molar-refractivity contribution in [1.29, 1.82) is 0 Å². The van der Waals surface area contributed by atoms with Gasteiger partial charge in [0.25, 0.3) is 0 Å². The number of nitrogens with two attached hydrogens (primary N) is 1. The molecule has 1 aliphatic carbocycles. The minimum Gasteiger partial charge on any atom is -0.378 e. The Labute approximate surface area is 344 Å². The van der Waals surface area contributed by atoms with Crippen LogP contribution in [0.3, 0.4) is 0 Å². The maximum atomic E-state index is 4.63. The Hall–Kier alpha value is -6.81. The summed E-state index contributed by atoms with van der Waals surface area (Å²) in [7, 11) is 1.50. The van der Waals surface area contributed by atoms with Crippen molar-refractivity contribution in [1.82, 2.24) is 0 Å². The van der Waals surface area contributed by atoms with Gasteiger partial charge in [-0.2, -0.15) is 0 Å². The van der Waals surface area contributed by atoms with Gasteiger partial charge in [-0.3, -0.25) is 4.99 Å². The fourth-order valence-electron chi connectivity index (χ4n) is 7.01. The van der Waals surface area contributed by atoms with Crippen molar-refractivity contribution in [3.63, 3.8) is 0 Å². The zero-order valence-corrected chi connectivity index (χ0v) is 33.7. The van der Waals surface area contributed by atoms with E-state index in [1.54, 1.807) is 0 Å². The molecule has 0 saturated carbocycles. The van der Waals surface area contributed by atoms with E-state index in [9.17, 15) is 0 Å². The lowest BCUT2D eigenvalue weighted by molar-refractivity contribution is 0.758. The molecule has 0 amide bonds. The van der Waals surface area contributed by atoms with Gasteiger partial charge < -0.3 is 11.1 Å². The number of allylic oxidation sites excluding steroid dienone is 5. The molecule has 7 aromatic carbocycles. The maximum absolute atomic E-state index is 4.63. The molecular formula is C55H53N3. The van der Waals surface area contributed by atoms with Crippen molar-refractivity contribution >= 4 is 27.6 Å². The van der Waals surface area contributed by atoms with E-state index in [1.807, 2.05) is 36.6 Å². The van der Waals surface area contributed by atoms with Crippen molar-refractivity contribution in [3.05, 3.63) is 263 Å². The number of anilines is 1. The van der Waals surface area contributed by atoms with Gasteiger partial charge in [-0.15, -0.1) is 0 Å². The molecule has 0 bridgehead atoms. The lowest BCUT2D eigenvalue weighted by Gasteiger charge is -2.29. The SMILES string of the molecule is CC1=c2/cc(C3=CC(c4ccccc4)C(Nc4ccc(Cc5ccccc5)cc4)C=C3)cc/c2=N/C=C/C=C\1.CN.Cc1ccccc1.c1ccc2ccccc2c1. The van der Waals surface area contributed by atoms with Crippen LogP contribution in [-0.4, -0.2) is 13.1 Å². The Kier molecular flexibility index (Phi) is 15.1. The van der Waals surface area contributed by atoms with Crippen molar-refractivity contribution in [2.24, 2.45) is 10.7 Å². The van der Waals surface area contributed by atoms with Crippen molar-refractivity contribution in [3.8, 4) is 0 Å². The van der Waals surface area contributed by atoms with E-state index in [0.717, 1.165) is 17.5 Å². The summed E-state index contributed by atoms with van der Waals surface area (Å²) in [5.74, 6) is 0.204. The van der Waals surface area contributed by atoms with Crippen LogP contribution in [0, 0.1) is 6.92 Å². The zero-order valence-electron chi connectivity index (χ0n) is 33.7. The first-order chi connectivity index (χ1) is 28.6. The molecule has 2 aliphatic rings. The Bertz CT molecular complexity index is 2520. The van der Waals surface area contributed by atoms with Gasteiger partial charge in [0.2, 0.25) is 0 Å². The first-order valence-electron chi connectivity index (χ1n) is 20.0. The number of rotatable bonds is 6. The third kappa shape index (κ3) is 11.6. The van der Waals surface area contributed by atoms with Crippen LogP contribution in [0.5, 0.6) is 0 Å². The minimum atomic E-state index is 0.150. The largest absolute Gasteiger partial charge is 0.378 e. The van der Waals surface area contributed by atoms with E-state index in [-0.39, 0.29) is 12.0 Å². The number of hydrogen-bond donors (Lipinski definition) is 2. The van der Waals surface area contributed by atoms with E-state index in [2.05, 4.69) is 218 Å². The molecule has 3 heteroatoms. The average molecular weight is 756 g/mol. The minimum absolute atomic E-state index is 0.150. The van der Waals surface area contributed by atoms with Crippen molar-refractivity contribution < 1.29 is 0 Å². The molecule has 0 saturated heterocycles. The van der Waals surface area contributed by atoms with Crippen LogP contribution in [0.4, 0.5) is 5.69 Å². The highest BCUT2D eigenvalue weighted by molar-refractivity contribution is 5.82. The summed E-state index contributed by atoms with van der Waals surface area (Å²) in [6.07, 6.45) is 15.9. The topological polar surface area (TPSA) is 50.4 Å². The molecule has 2 atom stereocenters. The first-order valence-corrected chi connectivity index (χ1v) is 20.0. The Morgan fingerprint density at radius 3 is 1.74 bits per heavy atom. The van der Waals surface area contributed by atoms with Gasteiger partial charge in [0, 0.05) is 23.0 Å². The molecule has 0 spiro atoms. The number of hydrogen-bond acceptors (Lipinski definition) is 3. The van der Waals surface area contributed by atoms with Crippen molar-refractivity contribution in [2.45, 2.75) is 32.2 Å². The van der Waals surface area contributed by atoms with Gasteiger partial charge in [0.1, 0.15) is 0 Å². The standard InChI is InChI=1S/C37H32N2.C10H8.C7H8.CH5N/c1-27-10-8-9-23-38-36-21-17-31(25-34(27)36)32-18-22-37(35(26-32)30-13-6-3-7-14-30)39-33-19-15-29(16-20-33)24-28-11-4-2-5-12-28;1-2-6-10-8-4-3-7-9(10)5-1;1-7-5-3-2-4-6-7;1-2/h2-23,25-26,35,37,39H,24H2,1H3;1-8H;2-6H,1H3;2H2,1H3/b9-8?,10-8-,23-9+,27-10?,34-27+,38-23?,38-36-;;;. The molecule has 1 heterocycles. The summed E-state index contributed by atoms with van der Waals surface area (Å²) < 4.78 is 0. The second kappa shape index (κ2) is 21.5. The summed E-state index contributed by atoms with van der Waals surface area (Å²) in [6.45, 7) is 4.23. The number of fused-ring (bicyclic) bond motifs is 2. The highest BCUT2D eigenvalue weighted by atomic mass is 14.9. The molecule has 3 nitrogen and oxygen atoms in total. The Balaban J connectivity index is 0.000000243. The molecule has 9 rings (SSSR count). The molecule has 58 heavy (non-hydrogen) atoms. The van der Waals surface area contributed by atoms with Crippen LogP contribution in [0.2, 0.25) is 0 Å². The molecule has 0 aromatic heterocycles. The summed E-state index contributed by atoms with van der Waals surface area (Å²) in [5, 5.41) is 8.60. The summed E-state index contributed by atoms with van der Waals surface area (Å²) in [4.78, 5) is 4.63. The van der Waals surface area contributed by atoms with E-state index in [0.29, 0.717) is 0 Å². The second-order valence-corrected chi connectivity index (χ2v) is 14.2. The molecule has 7 aromatic rings. The normalized spacial score (nSPS) is 17.6. The van der Waals surface area contributed by atoms with Gasteiger partial charge in [0.05, 0.1) is 11.4 Å². The fraction of sp³-hybridized carbons (Fsp3) is 0.109. The zero-order chi connectivity index (χ0) is 40.4. The molecule has 1 aliphatic heterocycles. The van der Waals surface area contributed by atoms with E-state index >= 15 is 0 Å². The first kappa shape index (κ1) is 40.8. The predicted molar refractivity (Wildman–Crippen MR) is 249 cm³/mol. The van der Waals surface area contributed by atoms with Crippen LogP contribution < -0.4 is 21.6 Å². The van der Waals surface area contributed by atoms with Gasteiger partial charge in [0.15, 0.2) is 0 Å². The van der Waals surface area contributed by atoms with E-state index in [1.165, 1.54) is 62.0 Å². The lowest BCUT2D eigenvalue weighted by atomic mass is 9.83. The van der Waals surface area contributed by atoms with Crippen LogP contribution in [0.25, 0.3) is 21.9 Å². The van der Waals surface area contributed by atoms with Crippen molar-refractivity contribution in [2.75, 3.05) is 12.4 Å². The van der Waals surface area contributed by atoms with Gasteiger partial charge >= 0.3 is 0 Å².